The summed E-state index contributed by atoms with van der Waals surface area (Å²) in [7, 11) is 0. The first kappa shape index (κ1) is 21.6. The second kappa shape index (κ2) is 7.65. The number of aromatic nitrogens is 3. The Bertz CT molecular complexity index is 1300. The molecule has 0 fully saturated rings. The molecule has 1 aliphatic carbocycles. The number of Topliss-reactive ketones (excluding diaryl/α,β-unsaturated/α-hetero) is 1. The van der Waals surface area contributed by atoms with E-state index in [1.54, 1.807) is 18.2 Å². The van der Waals surface area contributed by atoms with Gasteiger partial charge in [0.05, 0.1) is 0 Å². The Balaban J connectivity index is 1.65. The molecule has 33 heavy (non-hydrogen) atoms. The molecule has 0 unspecified atom stereocenters. The van der Waals surface area contributed by atoms with Crippen LogP contribution >= 0.6 is 11.6 Å². The highest BCUT2D eigenvalue weighted by Crippen LogP contribution is 2.45. The standard InChI is InChI=1S/C22H14ClF5N4O/c23-13-3-1-2-10(4-13)11-7-16-18(17(33)8-11)19(12-5-14(24)9-15(25)6-12)32-21(29-16)30-20(31-32)22(26,27)28/h1-6,9,11,19H,7-8H2,(H,29,30,31)/t11-,19-/m1/s1. The number of alkyl halides is 3. The first-order valence-electron chi connectivity index (χ1n) is 9.88. The molecule has 5 rings (SSSR count). The van der Waals surface area contributed by atoms with Crippen molar-refractivity contribution in [2.75, 3.05) is 5.32 Å². The fraction of sp³-hybridized carbons (Fsp3) is 0.227. The highest BCUT2D eigenvalue weighted by Gasteiger charge is 2.43. The Labute approximate surface area is 188 Å². The van der Waals surface area contributed by atoms with E-state index in [2.05, 4.69) is 15.4 Å². The van der Waals surface area contributed by atoms with Crippen molar-refractivity contribution in [2.24, 2.45) is 0 Å². The van der Waals surface area contributed by atoms with E-state index in [1.807, 2.05) is 6.07 Å². The molecule has 1 aromatic heterocycles. The van der Waals surface area contributed by atoms with Gasteiger partial charge in [-0.25, -0.2) is 13.5 Å². The smallest absolute Gasteiger partial charge is 0.328 e. The average Bonchev–Trinajstić information content (AvgIpc) is 3.15. The summed E-state index contributed by atoms with van der Waals surface area (Å²) in [5.74, 6) is -4.21. The maximum absolute atomic E-state index is 14.0. The molecule has 170 valence electrons. The molecule has 3 aromatic rings. The summed E-state index contributed by atoms with van der Waals surface area (Å²) in [5, 5.41) is 6.80. The number of halogens is 6. The van der Waals surface area contributed by atoms with Gasteiger partial charge in [0, 0.05) is 28.8 Å². The van der Waals surface area contributed by atoms with Gasteiger partial charge in [-0.3, -0.25) is 4.79 Å². The van der Waals surface area contributed by atoms with Crippen molar-refractivity contribution >= 4 is 23.3 Å². The van der Waals surface area contributed by atoms with Crippen molar-refractivity contribution in [3.8, 4) is 0 Å². The van der Waals surface area contributed by atoms with Gasteiger partial charge in [-0.2, -0.15) is 18.2 Å². The number of nitrogens with zero attached hydrogens (tertiary/aromatic N) is 3. The average molecular weight is 481 g/mol. The van der Waals surface area contributed by atoms with E-state index in [1.165, 1.54) is 0 Å². The third kappa shape index (κ3) is 3.88. The lowest BCUT2D eigenvalue weighted by Gasteiger charge is -2.35. The summed E-state index contributed by atoms with van der Waals surface area (Å²) in [6.45, 7) is 0. The zero-order valence-corrected chi connectivity index (χ0v) is 17.4. The predicted octanol–water partition coefficient (Wildman–Crippen LogP) is 5.64. The molecule has 1 aliphatic heterocycles. The normalized spacial score (nSPS) is 20.4. The van der Waals surface area contributed by atoms with Gasteiger partial charge in [0.1, 0.15) is 17.7 Å². The Kier molecular flexibility index (Phi) is 5.00. The molecule has 1 N–H and O–H groups in total. The molecular formula is C22H14ClF5N4O. The summed E-state index contributed by atoms with van der Waals surface area (Å²) < 4.78 is 68.8. The third-order valence-corrected chi connectivity index (χ3v) is 5.93. The number of fused-ring (bicyclic) bond motifs is 1. The second-order valence-corrected chi connectivity index (χ2v) is 8.34. The molecule has 2 heterocycles. The molecule has 0 spiro atoms. The Morgan fingerprint density at radius 2 is 1.76 bits per heavy atom. The van der Waals surface area contributed by atoms with Crippen LogP contribution < -0.4 is 5.32 Å². The topological polar surface area (TPSA) is 59.8 Å². The number of rotatable bonds is 2. The molecular weight excluding hydrogens is 467 g/mol. The molecule has 2 atom stereocenters. The van der Waals surface area contributed by atoms with Crippen LogP contribution in [0.25, 0.3) is 0 Å². The monoisotopic (exact) mass is 480 g/mol. The van der Waals surface area contributed by atoms with Gasteiger partial charge in [-0.05, 0) is 47.7 Å². The summed E-state index contributed by atoms with van der Waals surface area (Å²) in [6, 6.07) is 8.27. The molecule has 0 saturated heterocycles. The molecule has 0 saturated carbocycles. The predicted molar refractivity (Wildman–Crippen MR) is 109 cm³/mol. The van der Waals surface area contributed by atoms with Crippen LogP contribution in [-0.4, -0.2) is 20.5 Å². The van der Waals surface area contributed by atoms with E-state index < -0.39 is 29.7 Å². The van der Waals surface area contributed by atoms with Crippen LogP contribution in [0.3, 0.4) is 0 Å². The van der Waals surface area contributed by atoms with E-state index in [9.17, 15) is 26.7 Å². The number of benzene rings is 2. The number of ketones is 1. The number of nitrogens with one attached hydrogen (secondary N) is 1. The number of carbonyl (C=O) groups excluding carboxylic acids is 1. The SMILES string of the molecule is O=C1C[C@H](c2cccc(Cl)c2)CC2=C1[C@@H](c1cc(F)cc(F)c1)n1nc(C(F)(F)F)nc1N2. The Morgan fingerprint density at radius 3 is 2.42 bits per heavy atom. The molecule has 11 heteroatoms. The van der Waals surface area contributed by atoms with Crippen LogP contribution in [-0.2, 0) is 11.0 Å². The quantitative estimate of drug-likeness (QED) is 0.482. The van der Waals surface area contributed by atoms with Crippen LogP contribution in [0.2, 0.25) is 5.02 Å². The zero-order valence-electron chi connectivity index (χ0n) is 16.6. The van der Waals surface area contributed by atoms with Gasteiger partial charge in [-0.15, -0.1) is 5.10 Å². The number of anilines is 1. The molecule has 0 radical (unpaired) electrons. The molecule has 5 nitrogen and oxygen atoms in total. The van der Waals surface area contributed by atoms with Crippen LogP contribution in [0.5, 0.6) is 0 Å². The number of allylic oxidation sites excluding steroid dienone is 2. The molecule has 0 bridgehead atoms. The highest BCUT2D eigenvalue weighted by atomic mass is 35.5. The second-order valence-electron chi connectivity index (χ2n) is 7.91. The lowest BCUT2D eigenvalue weighted by atomic mass is 9.78. The Hall–Kier alpha value is -3.27. The van der Waals surface area contributed by atoms with Crippen molar-refractivity contribution in [1.82, 2.24) is 14.8 Å². The fourth-order valence-corrected chi connectivity index (χ4v) is 4.57. The van der Waals surface area contributed by atoms with Gasteiger partial charge in [0.15, 0.2) is 5.78 Å². The van der Waals surface area contributed by atoms with Crippen molar-refractivity contribution in [3.63, 3.8) is 0 Å². The summed E-state index contributed by atoms with van der Waals surface area (Å²) in [5.41, 5.74) is 1.18. The largest absolute Gasteiger partial charge is 0.453 e. The first-order chi connectivity index (χ1) is 15.6. The maximum atomic E-state index is 14.0. The van der Waals surface area contributed by atoms with Crippen molar-refractivity contribution in [3.05, 3.63) is 87.3 Å². The van der Waals surface area contributed by atoms with Crippen molar-refractivity contribution < 1.29 is 26.7 Å². The number of carbonyl (C=O) groups is 1. The van der Waals surface area contributed by atoms with Gasteiger partial charge in [0.2, 0.25) is 5.95 Å². The van der Waals surface area contributed by atoms with E-state index in [-0.39, 0.29) is 41.6 Å². The number of hydrogen-bond donors (Lipinski definition) is 1. The van der Waals surface area contributed by atoms with Crippen molar-refractivity contribution in [2.45, 2.75) is 31.0 Å². The van der Waals surface area contributed by atoms with Crippen LogP contribution in [0, 0.1) is 11.6 Å². The van der Waals surface area contributed by atoms with E-state index in [4.69, 9.17) is 11.6 Å². The lowest BCUT2D eigenvalue weighted by Crippen LogP contribution is -2.33. The van der Waals surface area contributed by atoms with Gasteiger partial charge in [0.25, 0.3) is 5.82 Å². The first-order valence-corrected chi connectivity index (χ1v) is 10.3. The van der Waals surface area contributed by atoms with Gasteiger partial charge >= 0.3 is 6.18 Å². The van der Waals surface area contributed by atoms with E-state index in [0.29, 0.717) is 16.8 Å². The van der Waals surface area contributed by atoms with E-state index >= 15 is 0 Å². The highest BCUT2D eigenvalue weighted by molar-refractivity contribution is 6.30. The van der Waals surface area contributed by atoms with Crippen LogP contribution in [0.1, 0.15) is 41.8 Å². The molecule has 0 amide bonds. The lowest BCUT2D eigenvalue weighted by molar-refractivity contribution is -0.145. The molecule has 2 aromatic carbocycles. The zero-order chi connectivity index (χ0) is 23.5. The summed E-state index contributed by atoms with van der Waals surface area (Å²) in [4.78, 5) is 16.8. The summed E-state index contributed by atoms with van der Waals surface area (Å²) in [6.07, 6.45) is -4.53. The van der Waals surface area contributed by atoms with Crippen molar-refractivity contribution in [1.29, 1.82) is 0 Å². The minimum absolute atomic E-state index is 0.0454. The van der Waals surface area contributed by atoms with Crippen LogP contribution in [0.4, 0.5) is 27.9 Å². The number of hydrogen-bond acceptors (Lipinski definition) is 4. The third-order valence-electron chi connectivity index (χ3n) is 5.69. The maximum Gasteiger partial charge on any atom is 0.453 e. The minimum Gasteiger partial charge on any atom is -0.328 e. The Morgan fingerprint density at radius 1 is 1.03 bits per heavy atom. The van der Waals surface area contributed by atoms with E-state index in [0.717, 1.165) is 22.4 Å². The van der Waals surface area contributed by atoms with Gasteiger partial charge < -0.3 is 5.32 Å². The fourth-order valence-electron chi connectivity index (χ4n) is 4.37. The minimum atomic E-state index is -4.85. The van der Waals surface area contributed by atoms with Gasteiger partial charge in [-0.1, -0.05) is 23.7 Å². The summed E-state index contributed by atoms with van der Waals surface area (Å²) >= 11 is 6.07. The van der Waals surface area contributed by atoms with Crippen LogP contribution in [0.15, 0.2) is 53.7 Å². The molecule has 2 aliphatic rings.